The number of aromatic nitrogens is 3. The molecular weight excluding hydrogens is 264 g/mol. The van der Waals surface area contributed by atoms with Gasteiger partial charge < -0.3 is 10.1 Å². The van der Waals surface area contributed by atoms with Crippen molar-refractivity contribution in [3.8, 4) is 5.88 Å². The molecule has 2 aromatic heterocycles. The molecule has 0 aliphatic rings. The number of aryl methyl sites for hydroxylation is 2. The molecule has 0 unspecified atom stereocenters. The van der Waals surface area contributed by atoms with Crippen molar-refractivity contribution in [2.75, 3.05) is 12.4 Å². The highest BCUT2D eigenvalue weighted by Crippen LogP contribution is 2.22. The molecule has 0 radical (unpaired) electrons. The molecule has 2 rings (SSSR count). The molecule has 0 aromatic carbocycles. The maximum absolute atomic E-state index is 6.28. The normalized spacial score (nSPS) is 10.5. The van der Waals surface area contributed by atoms with E-state index in [9.17, 15) is 0 Å². The molecule has 0 atom stereocenters. The zero-order valence-corrected chi connectivity index (χ0v) is 12.0. The zero-order valence-electron chi connectivity index (χ0n) is 11.3. The Labute approximate surface area is 117 Å². The van der Waals surface area contributed by atoms with E-state index in [1.165, 1.54) is 0 Å². The number of nitrogens with one attached hydrogen (secondary N) is 1. The van der Waals surface area contributed by atoms with Crippen LogP contribution in [0.5, 0.6) is 5.88 Å². The highest BCUT2D eigenvalue weighted by Gasteiger charge is 2.12. The molecule has 6 heteroatoms. The van der Waals surface area contributed by atoms with Gasteiger partial charge in [-0.3, -0.25) is 4.68 Å². The fraction of sp³-hybridized carbons (Fsp3) is 0.385. The lowest BCUT2D eigenvalue weighted by Gasteiger charge is -2.07. The summed E-state index contributed by atoms with van der Waals surface area (Å²) in [5.74, 6) is 0.595. The van der Waals surface area contributed by atoms with Crippen LogP contribution in [-0.4, -0.2) is 21.9 Å². The Bertz CT molecular complexity index is 551. The van der Waals surface area contributed by atoms with Crippen molar-refractivity contribution in [1.82, 2.24) is 14.8 Å². The van der Waals surface area contributed by atoms with E-state index in [1.54, 1.807) is 13.3 Å². The quantitative estimate of drug-likeness (QED) is 0.915. The van der Waals surface area contributed by atoms with E-state index in [0.29, 0.717) is 12.4 Å². The predicted molar refractivity (Wildman–Crippen MR) is 75.7 cm³/mol. The van der Waals surface area contributed by atoms with Crippen LogP contribution in [0.1, 0.15) is 18.3 Å². The maximum atomic E-state index is 6.28. The summed E-state index contributed by atoms with van der Waals surface area (Å²) in [5, 5.41) is 8.38. The van der Waals surface area contributed by atoms with E-state index in [4.69, 9.17) is 16.3 Å². The van der Waals surface area contributed by atoms with E-state index in [-0.39, 0.29) is 0 Å². The third kappa shape index (κ3) is 2.98. The van der Waals surface area contributed by atoms with Crippen LogP contribution in [0.2, 0.25) is 5.02 Å². The van der Waals surface area contributed by atoms with Crippen LogP contribution in [0.3, 0.4) is 0 Å². The second kappa shape index (κ2) is 5.93. The third-order valence-electron chi connectivity index (χ3n) is 2.91. The SMILES string of the molecule is CCc1nn(C)c(CNc2ccc(OC)nc2)c1Cl. The molecule has 102 valence electrons. The van der Waals surface area contributed by atoms with Gasteiger partial charge in [0.25, 0.3) is 0 Å². The van der Waals surface area contributed by atoms with Gasteiger partial charge in [-0.05, 0) is 12.5 Å². The minimum atomic E-state index is 0.595. The number of ether oxygens (including phenoxy) is 1. The Hall–Kier alpha value is -1.75. The van der Waals surface area contributed by atoms with Gasteiger partial charge in [0.1, 0.15) is 0 Å². The van der Waals surface area contributed by atoms with Crippen LogP contribution in [0.25, 0.3) is 0 Å². The number of pyridine rings is 1. The van der Waals surface area contributed by atoms with Gasteiger partial charge in [-0.2, -0.15) is 5.10 Å². The first-order chi connectivity index (χ1) is 9.15. The summed E-state index contributed by atoms with van der Waals surface area (Å²) in [4.78, 5) is 4.14. The smallest absolute Gasteiger partial charge is 0.213 e. The molecule has 0 amide bonds. The van der Waals surface area contributed by atoms with Crippen molar-refractivity contribution in [3.63, 3.8) is 0 Å². The van der Waals surface area contributed by atoms with Crippen LogP contribution in [0.4, 0.5) is 5.69 Å². The predicted octanol–water partition coefficient (Wildman–Crippen LogP) is 2.65. The molecule has 0 aliphatic heterocycles. The molecule has 2 heterocycles. The van der Waals surface area contributed by atoms with Gasteiger partial charge in [0.05, 0.1) is 41.9 Å². The first kappa shape index (κ1) is 13.7. The number of anilines is 1. The largest absolute Gasteiger partial charge is 0.481 e. The molecular formula is C13H17ClN4O. The standard InChI is InChI=1S/C13H17ClN4O/c1-4-10-13(14)11(18(2)17-10)8-15-9-5-6-12(19-3)16-7-9/h5-7,15H,4,8H2,1-3H3. The molecule has 5 nitrogen and oxygen atoms in total. The van der Waals surface area contributed by atoms with Crippen molar-refractivity contribution < 1.29 is 4.74 Å². The number of hydrogen-bond donors (Lipinski definition) is 1. The molecule has 0 saturated carbocycles. The van der Waals surface area contributed by atoms with Crippen LogP contribution < -0.4 is 10.1 Å². The summed E-state index contributed by atoms with van der Waals surface area (Å²) in [6.07, 6.45) is 2.56. The molecule has 0 fully saturated rings. The average Bonchev–Trinajstić information content (AvgIpc) is 2.72. The van der Waals surface area contributed by atoms with E-state index in [1.807, 2.05) is 30.8 Å². The van der Waals surface area contributed by atoms with E-state index >= 15 is 0 Å². The Balaban J connectivity index is 2.07. The van der Waals surface area contributed by atoms with Crippen LogP contribution in [-0.2, 0) is 20.0 Å². The highest BCUT2D eigenvalue weighted by molar-refractivity contribution is 6.31. The number of nitrogens with zero attached hydrogens (tertiary/aromatic N) is 3. The van der Waals surface area contributed by atoms with Gasteiger partial charge in [0.15, 0.2) is 0 Å². The topological polar surface area (TPSA) is 52.0 Å². The number of hydrogen-bond acceptors (Lipinski definition) is 4. The van der Waals surface area contributed by atoms with Gasteiger partial charge in [-0.1, -0.05) is 18.5 Å². The second-order valence-corrected chi connectivity index (χ2v) is 4.51. The summed E-state index contributed by atoms with van der Waals surface area (Å²) >= 11 is 6.28. The van der Waals surface area contributed by atoms with Crippen molar-refractivity contribution in [3.05, 3.63) is 34.7 Å². The Morgan fingerprint density at radius 1 is 1.42 bits per heavy atom. The zero-order chi connectivity index (χ0) is 13.8. The summed E-state index contributed by atoms with van der Waals surface area (Å²) < 4.78 is 6.82. The monoisotopic (exact) mass is 280 g/mol. The minimum absolute atomic E-state index is 0.595. The molecule has 0 spiro atoms. The van der Waals surface area contributed by atoms with E-state index in [2.05, 4.69) is 15.4 Å². The summed E-state index contributed by atoms with van der Waals surface area (Å²) in [7, 11) is 3.49. The first-order valence-corrected chi connectivity index (χ1v) is 6.47. The Morgan fingerprint density at radius 2 is 2.21 bits per heavy atom. The second-order valence-electron chi connectivity index (χ2n) is 4.13. The molecule has 0 saturated heterocycles. The van der Waals surface area contributed by atoms with Gasteiger partial charge in [-0.25, -0.2) is 4.98 Å². The molecule has 0 bridgehead atoms. The maximum Gasteiger partial charge on any atom is 0.213 e. The fourth-order valence-corrected chi connectivity index (χ4v) is 2.16. The fourth-order valence-electron chi connectivity index (χ4n) is 1.80. The van der Waals surface area contributed by atoms with E-state index in [0.717, 1.165) is 28.5 Å². The lowest BCUT2D eigenvalue weighted by Crippen LogP contribution is -2.06. The minimum Gasteiger partial charge on any atom is -0.481 e. The average molecular weight is 281 g/mol. The third-order valence-corrected chi connectivity index (χ3v) is 3.34. The molecule has 19 heavy (non-hydrogen) atoms. The highest BCUT2D eigenvalue weighted by atomic mass is 35.5. The lowest BCUT2D eigenvalue weighted by atomic mass is 10.3. The lowest BCUT2D eigenvalue weighted by molar-refractivity contribution is 0.398. The van der Waals surface area contributed by atoms with E-state index < -0.39 is 0 Å². The Morgan fingerprint density at radius 3 is 2.74 bits per heavy atom. The van der Waals surface area contributed by atoms with Gasteiger partial charge in [-0.15, -0.1) is 0 Å². The molecule has 2 aromatic rings. The first-order valence-electron chi connectivity index (χ1n) is 6.09. The molecule has 0 aliphatic carbocycles. The number of halogens is 1. The Kier molecular flexibility index (Phi) is 4.27. The molecule has 1 N–H and O–H groups in total. The number of rotatable bonds is 5. The van der Waals surface area contributed by atoms with Crippen molar-refractivity contribution in [2.24, 2.45) is 7.05 Å². The van der Waals surface area contributed by atoms with Crippen LogP contribution in [0.15, 0.2) is 18.3 Å². The number of methoxy groups -OCH3 is 1. The van der Waals surface area contributed by atoms with Crippen molar-refractivity contribution >= 4 is 17.3 Å². The van der Waals surface area contributed by atoms with Gasteiger partial charge in [0, 0.05) is 13.1 Å². The summed E-state index contributed by atoms with van der Waals surface area (Å²) in [6, 6.07) is 3.72. The van der Waals surface area contributed by atoms with Crippen molar-refractivity contribution in [2.45, 2.75) is 19.9 Å². The summed E-state index contributed by atoms with van der Waals surface area (Å²) in [5.41, 5.74) is 2.80. The van der Waals surface area contributed by atoms with Crippen molar-refractivity contribution in [1.29, 1.82) is 0 Å². The van der Waals surface area contributed by atoms with Crippen LogP contribution >= 0.6 is 11.6 Å². The van der Waals surface area contributed by atoms with Gasteiger partial charge in [0.2, 0.25) is 5.88 Å². The van der Waals surface area contributed by atoms with Crippen LogP contribution in [0, 0.1) is 0 Å². The summed E-state index contributed by atoms with van der Waals surface area (Å²) in [6.45, 7) is 2.65. The van der Waals surface area contributed by atoms with Gasteiger partial charge >= 0.3 is 0 Å².